The summed E-state index contributed by atoms with van der Waals surface area (Å²) >= 11 is 5.83. The molecule has 0 aliphatic rings. The maximum atomic E-state index is 12.4. The second-order valence-corrected chi connectivity index (χ2v) is 5.84. The Kier molecular flexibility index (Phi) is 4.99. The van der Waals surface area contributed by atoms with Crippen LogP contribution in [0.4, 0.5) is 0 Å². The molecule has 0 aliphatic heterocycles. The number of nitrogens with zero attached hydrogens (tertiary/aromatic N) is 4. The van der Waals surface area contributed by atoms with Crippen molar-refractivity contribution in [2.75, 3.05) is 7.05 Å². The molecule has 0 spiro atoms. The third-order valence-electron chi connectivity index (χ3n) is 3.26. The lowest BCUT2D eigenvalue weighted by atomic mass is 10.3. The van der Waals surface area contributed by atoms with E-state index in [1.807, 2.05) is 6.92 Å². The molecule has 0 saturated carbocycles. The van der Waals surface area contributed by atoms with E-state index in [1.165, 1.54) is 23.4 Å². The summed E-state index contributed by atoms with van der Waals surface area (Å²) in [6.45, 7) is 2.20. The monoisotopic (exact) mass is 362 g/mol. The average Bonchev–Trinajstić information content (AvgIpc) is 3.21. The lowest BCUT2D eigenvalue weighted by Crippen LogP contribution is -2.26. The van der Waals surface area contributed by atoms with E-state index in [1.54, 1.807) is 19.2 Å². The van der Waals surface area contributed by atoms with Crippen molar-refractivity contribution in [3.8, 4) is 5.75 Å². The maximum absolute atomic E-state index is 12.4. The minimum atomic E-state index is -0.298. The quantitative estimate of drug-likeness (QED) is 0.665. The van der Waals surface area contributed by atoms with Crippen LogP contribution in [0.3, 0.4) is 0 Å². The largest absolute Gasteiger partial charge is 0.484 e. The van der Waals surface area contributed by atoms with E-state index in [-0.39, 0.29) is 24.8 Å². The molecule has 3 aromatic heterocycles. The van der Waals surface area contributed by atoms with Gasteiger partial charge in [0.15, 0.2) is 17.2 Å². The highest BCUT2D eigenvalue weighted by Crippen LogP contribution is 2.17. The molecule has 0 fully saturated rings. The normalized spacial score (nSPS) is 10.7. The Morgan fingerprint density at radius 3 is 2.72 bits per heavy atom. The second kappa shape index (κ2) is 7.35. The summed E-state index contributed by atoms with van der Waals surface area (Å²) in [5.74, 6) is 1.20. The summed E-state index contributed by atoms with van der Waals surface area (Å²) in [5, 5.41) is 8.03. The number of ether oxygens (including phenoxy) is 1. The van der Waals surface area contributed by atoms with E-state index in [0.29, 0.717) is 22.3 Å². The molecule has 130 valence electrons. The number of rotatable bonds is 6. The number of carbonyl (C=O) groups excluding carboxylic acids is 1. The fourth-order valence-electron chi connectivity index (χ4n) is 2.10. The molecule has 8 nitrogen and oxygen atoms in total. The average molecular weight is 363 g/mol. The van der Waals surface area contributed by atoms with Crippen molar-refractivity contribution in [2.24, 2.45) is 0 Å². The zero-order chi connectivity index (χ0) is 17.8. The third-order valence-corrected chi connectivity index (χ3v) is 3.46. The van der Waals surface area contributed by atoms with Gasteiger partial charge in [0.25, 0.3) is 5.91 Å². The molecule has 0 bridgehead atoms. The minimum Gasteiger partial charge on any atom is -0.484 e. The van der Waals surface area contributed by atoms with Crippen molar-refractivity contribution in [2.45, 2.75) is 20.1 Å². The predicted octanol–water partition coefficient (Wildman–Crippen LogP) is 2.87. The Morgan fingerprint density at radius 1 is 1.20 bits per heavy atom. The van der Waals surface area contributed by atoms with Crippen molar-refractivity contribution >= 4 is 17.5 Å². The van der Waals surface area contributed by atoms with Crippen LogP contribution >= 0.6 is 11.6 Å². The summed E-state index contributed by atoms with van der Waals surface area (Å²) < 4.78 is 15.7. The summed E-state index contributed by atoms with van der Waals surface area (Å²) in [5.41, 5.74) is 0.939. The summed E-state index contributed by atoms with van der Waals surface area (Å²) in [4.78, 5) is 17.7. The van der Waals surface area contributed by atoms with E-state index < -0.39 is 0 Å². The first-order valence-electron chi connectivity index (χ1n) is 7.38. The molecule has 0 atom stereocenters. The number of aryl methyl sites for hydroxylation is 1. The highest BCUT2D eigenvalue weighted by Gasteiger charge is 2.18. The van der Waals surface area contributed by atoms with Gasteiger partial charge in [-0.05, 0) is 6.92 Å². The topological polar surface area (TPSA) is 94.5 Å². The number of amides is 1. The Hall–Kier alpha value is -2.87. The molecule has 1 amide bonds. The number of halogens is 1. The van der Waals surface area contributed by atoms with Gasteiger partial charge in [-0.3, -0.25) is 9.78 Å². The first-order chi connectivity index (χ1) is 12.0. The molecule has 3 heterocycles. The van der Waals surface area contributed by atoms with Gasteiger partial charge in [-0.2, -0.15) is 0 Å². The van der Waals surface area contributed by atoms with Gasteiger partial charge in [0, 0.05) is 31.4 Å². The van der Waals surface area contributed by atoms with E-state index in [2.05, 4.69) is 15.3 Å². The molecule has 0 unspecified atom stereocenters. The minimum absolute atomic E-state index is 0.104. The second-order valence-electron chi connectivity index (χ2n) is 5.40. The fourth-order valence-corrected chi connectivity index (χ4v) is 2.26. The zero-order valence-electron chi connectivity index (χ0n) is 13.6. The maximum Gasteiger partial charge on any atom is 0.276 e. The SMILES string of the molecule is Cc1cc(CN(C)C(=O)c2cc(COc3cncc(Cl)c3)on2)on1. The van der Waals surface area contributed by atoms with E-state index in [4.69, 9.17) is 25.4 Å². The molecule has 25 heavy (non-hydrogen) atoms. The smallest absolute Gasteiger partial charge is 0.276 e. The Labute approximate surface area is 148 Å². The van der Waals surface area contributed by atoms with Crippen LogP contribution in [0.1, 0.15) is 27.7 Å². The molecule has 0 aromatic carbocycles. The molecule has 3 aromatic rings. The lowest BCUT2D eigenvalue weighted by Gasteiger charge is -2.12. The predicted molar refractivity (Wildman–Crippen MR) is 87.1 cm³/mol. The van der Waals surface area contributed by atoms with Crippen molar-refractivity contribution < 1.29 is 18.6 Å². The molecule has 3 rings (SSSR count). The van der Waals surface area contributed by atoms with Gasteiger partial charge < -0.3 is 18.7 Å². The van der Waals surface area contributed by atoms with Gasteiger partial charge in [0.05, 0.1) is 23.5 Å². The zero-order valence-corrected chi connectivity index (χ0v) is 14.4. The van der Waals surface area contributed by atoms with Crippen molar-refractivity contribution in [3.63, 3.8) is 0 Å². The molecule has 9 heteroatoms. The molecule has 0 aliphatic carbocycles. The molecule has 0 saturated heterocycles. The number of hydrogen-bond donors (Lipinski definition) is 0. The highest BCUT2D eigenvalue weighted by atomic mass is 35.5. The lowest BCUT2D eigenvalue weighted by molar-refractivity contribution is 0.0761. The van der Waals surface area contributed by atoms with Gasteiger partial charge in [0.1, 0.15) is 12.4 Å². The number of hydrogen-bond acceptors (Lipinski definition) is 7. The van der Waals surface area contributed by atoms with Crippen molar-refractivity contribution in [1.29, 1.82) is 0 Å². The Bertz CT molecular complexity index is 876. The molecule has 0 N–H and O–H groups in total. The van der Waals surface area contributed by atoms with Crippen LogP contribution < -0.4 is 4.74 Å². The molecule has 0 radical (unpaired) electrons. The number of carbonyl (C=O) groups is 1. The van der Waals surface area contributed by atoms with Crippen LogP contribution in [0.2, 0.25) is 5.02 Å². The van der Waals surface area contributed by atoms with Crippen LogP contribution in [0.15, 0.2) is 39.6 Å². The first-order valence-corrected chi connectivity index (χ1v) is 7.75. The number of aromatic nitrogens is 3. The Balaban J connectivity index is 1.59. The van der Waals surface area contributed by atoms with Gasteiger partial charge >= 0.3 is 0 Å². The van der Waals surface area contributed by atoms with Crippen LogP contribution in [0.25, 0.3) is 0 Å². The Morgan fingerprint density at radius 2 is 2.00 bits per heavy atom. The van der Waals surface area contributed by atoms with Crippen molar-refractivity contribution in [3.05, 3.63) is 58.5 Å². The molecular formula is C16H15ClN4O4. The highest BCUT2D eigenvalue weighted by molar-refractivity contribution is 6.30. The third kappa shape index (κ3) is 4.36. The first kappa shape index (κ1) is 17.0. The van der Waals surface area contributed by atoms with Crippen LogP contribution in [-0.2, 0) is 13.2 Å². The summed E-state index contributed by atoms with van der Waals surface area (Å²) in [6, 6.07) is 4.93. The van der Waals surface area contributed by atoms with Gasteiger partial charge in [-0.15, -0.1) is 0 Å². The van der Waals surface area contributed by atoms with Crippen molar-refractivity contribution in [1.82, 2.24) is 20.2 Å². The van der Waals surface area contributed by atoms with Gasteiger partial charge in [-0.25, -0.2) is 0 Å². The van der Waals surface area contributed by atoms with E-state index in [9.17, 15) is 4.79 Å². The van der Waals surface area contributed by atoms with Crippen LogP contribution in [0.5, 0.6) is 5.75 Å². The standard InChI is InChI=1S/C16H15ClN4O4/c1-10-3-13(24-19-10)8-21(2)16(22)15-5-14(25-20-15)9-23-12-4-11(17)6-18-7-12/h3-7H,8-9H2,1-2H3. The summed E-state index contributed by atoms with van der Waals surface area (Å²) in [6.07, 6.45) is 3.03. The summed E-state index contributed by atoms with van der Waals surface area (Å²) in [7, 11) is 1.64. The van der Waals surface area contributed by atoms with Crippen LogP contribution in [0, 0.1) is 6.92 Å². The fraction of sp³-hybridized carbons (Fsp3) is 0.250. The van der Waals surface area contributed by atoms with E-state index >= 15 is 0 Å². The van der Waals surface area contributed by atoms with E-state index in [0.717, 1.165) is 5.69 Å². The molecular weight excluding hydrogens is 348 g/mol. The van der Waals surface area contributed by atoms with Gasteiger partial charge in [-0.1, -0.05) is 21.9 Å². The van der Waals surface area contributed by atoms with Gasteiger partial charge in [0.2, 0.25) is 0 Å². The van der Waals surface area contributed by atoms with Crippen LogP contribution in [-0.4, -0.2) is 33.2 Å². The number of pyridine rings is 1.